The Balaban J connectivity index is 1.92. The Kier molecular flexibility index (Phi) is 4.89. The van der Waals surface area contributed by atoms with Crippen molar-refractivity contribution in [3.63, 3.8) is 0 Å². The van der Waals surface area contributed by atoms with Crippen LogP contribution in [0.5, 0.6) is 0 Å². The normalized spacial score (nSPS) is 42.5. The molecule has 1 N–H and O–H groups in total. The van der Waals surface area contributed by atoms with Gasteiger partial charge in [0.1, 0.15) is 6.10 Å². The number of carbonyl (C=O) groups excluding carboxylic acids is 1. The summed E-state index contributed by atoms with van der Waals surface area (Å²) in [7, 11) is 0. The number of fused-ring (bicyclic) bond motifs is 3. The SMILES string of the molecule is C/C1=C\[C@@H]2O[C@@](C)(CC[C@@H]2C(C)C)[C@H](O)CCC2=C[C@H](C1)OC2=O. The van der Waals surface area contributed by atoms with E-state index >= 15 is 0 Å². The molecule has 24 heavy (non-hydrogen) atoms. The molecule has 0 saturated carbocycles. The summed E-state index contributed by atoms with van der Waals surface area (Å²) in [5.41, 5.74) is 1.33. The molecule has 4 bridgehead atoms. The summed E-state index contributed by atoms with van der Waals surface area (Å²) >= 11 is 0. The van der Waals surface area contributed by atoms with Crippen LogP contribution in [0.4, 0.5) is 0 Å². The molecule has 3 aliphatic rings. The first kappa shape index (κ1) is 17.7. The molecule has 0 aromatic rings. The third-order valence-corrected chi connectivity index (χ3v) is 5.93. The van der Waals surface area contributed by atoms with Gasteiger partial charge in [-0.25, -0.2) is 4.79 Å². The predicted octanol–water partition coefficient (Wildman–Crippen LogP) is 3.54. The maximum atomic E-state index is 12.0. The van der Waals surface area contributed by atoms with Crippen molar-refractivity contribution >= 4 is 5.97 Å². The minimum absolute atomic E-state index is 0.0124. The lowest BCUT2D eigenvalue weighted by atomic mass is 9.76. The van der Waals surface area contributed by atoms with Crippen molar-refractivity contribution in [3.05, 3.63) is 23.3 Å². The largest absolute Gasteiger partial charge is 0.454 e. The van der Waals surface area contributed by atoms with Gasteiger partial charge in [-0.3, -0.25) is 0 Å². The van der Waals surface area contributed by atoms with Gasteiger partial charge in [-0.05, 0) is 57.4 Å². The van der Waals surface area contributed by atoms with E-state index in [0.717, 1.165) is 19.3 Å². The van der Waals surface area contributed by atoms with Crippen LogP contribution < -0.4 is 0 Å². The molecule has 0 aromatic carbocycles. The average Bonchev–Trinajstić information content (AvgIpc) is 2.83. The zero-order valence-corrected chi connectivity index (χ0v) is 15.2. The zero-order valence-electron chi connectivity index (χ0n) is 15.2. The average molecular weight is 334 g/mol. The zero-order chi connectivity index (χ0) is 17.5. The van der Waals surface area contributed by atoms with Crippen molar-refractivity contribution in [3.8, 4) is 0 Å². The molecule has 3 heterocycles. The number of hydrogen-bond donors (Lipinski definition) is 1. The molecular formula is C20H30O4. The van der Waals surface area contributed by atoms with Crippen molar-refractivity contribution in [1.29, 1.82) is 0 Å². The lowest BCUT2D eigenvalue weighted by Gasteiger charge is -2.46. The molecule has 0 aromatic heterocycles. The first-order valence-corrected chi connectivity index (χ1v) is 9.23. The molecule has 4 nitrogen and oxygen atoms in total. The highest BCUT2D eigenvalue weighted by atomic mass is 16.5. The number of aliphatic hydroxyl groups is 1. The van der Waals surface area contributed by atoms with Gasteiger partial charge >= 0.3 is 5.97 Å². The fourth-order valence-electron chi connectivity index (χ4n) is 4.28. The number of ether oxygens (including phenoxy) is 2. The first-order chi connectivity index (χ1) is 11.3. The highest BCUT2D eigenvalue weighted by Crippen LogP contribution is 2.41. The number of esters is 1. The summed E-state index contributed by atoms with van der Waals surface area (Å²) in [6, 6.07) is 0. The Morgan fingerprint density at radius 3 is 2.75 bits per heavy atom. The lowest BCUT2D eigenvalue weighted by molar-refractivity contribution is -0.183. The first-order valence-electron chi connectivity index (χ1n) is 9.23. The summed E-state index contributed by atoms with van der Waals surface area (Å²) in [5, 5.41) is 10.7. The van der Waals surface area contributed by atoms with Crippen LogP contribution >= 0.6 is 0 Å². The molecule has 0 radical (unpaired) electrons. The summed E-state index contributed by atoms with van der Waals surface area (Å²) in [6.45, 7) is 8.56. The van der Waals surface area contributed by atoms with Gasteiger partial charge in [0, 0.05) is 12.0 Å². The van der Waals surface area contributed by atoms with Gasteiger partial charge in [-0.2, -0.15) is 0 Å². The van der Waals surface area contributed by atoms with Gasteiger partial charge in [0.05, 0.1) is 17.8 Å². The Labute approximate surface area is 144 Å². The highest BCUT2D eigenvalue weighted by Gasteiger charge is 2.43. The topological polar surface area (TPSA) is 55.8 Å². The summed E-state index contributed by atoms with van der Waals surface area (Å²) < 4.78 is 11.9. The fraction of sp³-hybridized carbons (Fsp3) is 0.750. The van der Waals surface area contributed by atoms with Crippen LogP contribution in [0.1, 0.15) is 59.8 Å². The minimum atomic E-state index is -0.575. The van der Waals surface area contributed by atoms with E-state index in [2.05, 4.69) is 26.8 Å². The van der Waals surface area contributed by atoms with Crippen molar-refractivity contribution in [1.82, 2.24) is 0 Å². The van der Waals surface area contributed by atoms with Gasteiger partial charge < -0.3 is 14.6 Å². The van der Waals surface area contributed by atoms with Crippen LogP contribution in [0, 0.1) is 11.8 Å². The lowest BCUT2D eigenvalue weighted by Crippen LogP contribution is -2.51. The van der Waals surface area contributed by atoms with Gasteiger partial charge in [0.25, 0.3) is 0 Å². The standard InChI is InChI=1S/C20H30O4/c1-12(2)16-7-8-20(4)18(21)6-5-14-11-15(23-19(14)22)9-13(3)10-17(16)24-20/h10-12,15-18,21H,5-9H2,1-4H3/b13-10+/t15-,16+,17-,18+,20-/m0/s1. The van der Waals surface area contributed by atoms with E-state index in [-0.39, 0.29) is 18.2 Å². The monoisotopic (exact) mass is 334 g/mol. The van der Waals surface area contributed by atoms with E-state index in [1.165, 1.54) is 5.57 Å². The molecular weight excluding hydrogens is 304 g/mol. The van der Waals surface area contributed by atoms with Crippen molar-refractivity contribution in [2.75, 3.05) is 0 Å². The van der Waals surface area contributed by atoms with E-state index < -0.39 is 11.7 Å². The van der Waals surface area contributed by atoms with Crippen molar-refractivity contribution < 1.29 is 19.4 Å². The Bertz CT molecular complexity index is 562. The number of aliphatic hydroxyl groups excluding tert-OH is 1. The number of rotatable bonds is 1. The molecule has 3 rings (SSSR count). The van der Waals surface area contributed by atoms with Crippen LogP contribution in [-0.2, 0) is 14.3 Å². The van der Waals surface area contributed by atoms with E-state index in [9.17, 15) is 9.90 Å². The molecule has 1 fully saturated rings. The molecule has 3 aliphatic heterocycles. The Morgan fingerprint density at radius 1 is 1.29 bits per heavy atom. The maximum Gasteiger partial charge on any atom is 0.334 e. The second kappa shape index (κ2) is 6.64. The Morgan fingerprint density at radius 2 is 2.04 bits per heavy atom. The summed E-state index contributed by atoms with van der Waals surface area (Å²) in [5.74, 6) is 0.762. The number of hydrogen-bond acceptors (Lipinski definition) is 4. The second-order valence-corrected chi connectivity index (χ2v) is 8.25. The molecule has 1 saturated heterocycles. The smallest absolute Gasteiger partial charge is 0.334 e. The number of carbonyl (C=O) groups is 1. The summed E-state index contributed by atoms with van der Waals surface area (Å²) in [6.07, 6.45) is 7.11. The second-order valence-electron chi connectivity index (χ2n) is 8.25. The van der Waals surface area contributed by atoms with Crippen LogP contribution in [0.2, 0.25) is 0 Å². The molecule has 0 aliphatic carbocycles. The third kappa shape index (κ3) is 3.45. The van der Waals surface area contributed by atoms with Crippen LogP contribution in [-0.4, -0.2) is 35.0 Å². The van der Waals surface area contributed by atoms with Gasteiger partial charge in [0.15, 0.2) is 0 Å². The fourth-order valence-corrected chi connectivity index (χ4v) is 4.28. The Hall–Kier alpha value is -1.13. The van der Waals surface area contributed by atoms with Gasteiger partial charge in [0.2, 0.25) is 0 Å². The van der Waals surface area contributed by atoms with Crippen LogP contribution in [0.3, 0.4) is 0 Å². The van der Waals surface area contributed by atoms with Gasteiger partial charge in [-0.1, -0.05) is 25.5 Å². The van der Waals surface area contributed by atoms with Crippen LogP contribution in [0.15, 0.2) is 23.3 Å². The molecule has 5 atom stereocenters. The molecule has 0 amide bonds. The molecule has 134 valence electrons. The molecule has 0 spiro atoms. The van der Waals surface area contributed by atoms with Crippen molar-refractivity contribution in [2.24, 2.45) is 11.8 Å². The maximum absolute atomic E-state index is 12.0. The van der Waals surface area contributed by atoms with Crippen LogP contribution in [0.25, 0.3) is 0 Å². The van der Waals surface area contributed by atoms with E-state index in [1.54, 1.807) is 0 Å². The third-order valence-electron chi connectivity index (χ3n) is 5.93. The predicted molar refractivity (Wildman–Crippen MR) is 92.4 cm³/mol. The van der Waals surface area contributed by atoms with E-state index in [1.807, 2.05) is 13.0 Å². The molecule has 0 unspecified atom stereocenters. The summed E-state index contributed by atoms with van der Waals surface area (Å²) in [4.78, 5) is 12.0. The quantitative estimate of drug-likeness (QED) is 0.589. The van der Waals surface area contributed by atoms with E-state index in [0.29, 0.717) is 30.3 Å². The molecule has 4 heteroatoms. The highest BCUT2D eigenvalue weighted by molar-refractivity contribution is 5.90. The minimum Gasteiger partial charge on any atom is -0.454 e. The van der Waals surface area contributed by atoms with Crippen molar-refractivity contribution in [2.45, 2.75) is 83.7 Å². The van der Waals surface area contributed by atoms with Gasteiger partial charge in [-0.15, -0.1) is 0 Å². The van der Waals surface area contributed by atoms with E-state index in [4.69, 9.17) is 9.47 Å².